The number of hydrogen-bond donors (Lipinski definition) is 1. The lowest BCUT2D eigenvalue weighted by Gasteiger charge is -2.16. The van der Waals surface area contributed by atoms with Crippen molar-refractivity contribution in [1.29, 1.82) is 0 Å². The van der Waals surface area contributed by atoms with Crippen LogP contribution in [0.3, 0.4) is 0 Å². The van der Waals surface area contributed by atoms with Crippen molar-refractivity contribution in [3.05, 3.63) is 35.1 Å². The molecular formula is C14H21FN2O2S. The van der Waals surface area contributed by atoms with Gasteiger partial charge < -0.3 is 0 Å². The Bertz CT molecular complexity index is 575. The molecule has 0 bridgehead atoms. The summed E-state index contributed by atoms with van der Waals surface area (Å²) in [7, 11) is -3.20. The fourth-order valence-electron chi connectivity index (χ4n) is 2.58. The van der Waals surface area contributed by atoms with Crippen LogP contribution < -0.4 is 4.72 Å². The molecule has 1 aliphatic rings. The average Bonchev–Trinajstić information content (AvgIpc) is 2.83. The Morgan fingerprint density at radius 1 is 1.45 bits per heavy atom. The number of likely N-dealkylation sites (tertiary alicyclic amines) is 1. The standard InChI is InChI=1S/C14H21FN2O2S/c1-3-16-20(18,19)13-6-7-17(10-13)9-12-4-5-14(15)11(2)8-12/h4-5,8,13,16H,3,6-7,9-10H2,1-2H3/t13-/m0/s1. The van der Waals surface area contributed by atoms with Crippen LogP contribution in [0.5, 0.6) is 0 Å². The molecule has 4 nitrogen and oxygen atoms in total. The number of aryl methyl sites for hydroxylation is 1. The van der Waals surface area contributed by atoms with E-state index in [4.69, 9.17) is 0 Å². The van der Waals surface area contributed by atoms with E-state index in [1.807, 2.05) is 6.07 Å². The highest BCUT2D eigenvalue weighted by atomic mass is 32.2. The van der Waals surface area contributed by atoms with Gasteiger partial charge in [-0.2, -0.15) is 0 Å². The zero-order valence-corrected chi connectivity index (χ0v) is 12.7. The maximum absolute atomic E-state index is 13.2. The highest BCUT2D eigenvalue weighted by molar-refractivity contribution is 7.90. The van der Waals surface area contributed by atoms with Crippen LogP contribution in [0.25, 0.3) is 0 Å². The van der Waals surface area contributed by atoms with Crippen molar-refractivity contribution >= 4 is 10.0 Å². The molecule has 1 fully saturated rings. The van der Waals surface area contributed by atoms with E-state index in [0.717, 1.165) is 12.1 Å². The van der Waals surface area contributed by atoms with E-state index < -0.39 is 10.0 Å². The Morgan fingerprint density at radius 3 is 2.85 bits per heavy atom. The van der Waals surface area contributed by atoms with Gasteiger partial charge in [0.2, 0.25) is 10.0 Å². The van der Waals surface area contributed by atoms with E-state index in [1.165, 1.54) is 6.07 Å². The van der Waals surface area contributed by atoms with Gasteiger partial charge in [-0.1, -0.05) is 19.1 Å². The first-order chi connectivity index (χ1) is 9.42. The van der Waals surface area contributed by atoms with Crippen LogP contribution in [0.15, 0.2) is 18.2 Å². The van der Waals surface area contributed by atoms with Gasteiger partial charge in [0.05, 0.1) is 5.25 Å². The molecule has 0 radical (unpaired) electrons. The van der Waals surface area contributed by atoms with Crippen molar-refractivity contribution in [2.24, 2.45) is 0 Å². The van der Waals surface area contributed by atoms with E-state index in [2.05, 4.69) is 9.62 Å². The summed E-state index contributed by atoms with van der Waals surface area (Å²) in [5.41, 5.74) is 1.64. The number of rotatable bonds is 5. The second-order valence-corrected chi connectivity index (χ2v) is 7.32. The van der Waals surface area contributed by atoms with E-state index in [9.17, 15) is 12.8 Å². The molecular weight excluding hydrogens is 279 g/mol. The Labute approximate surface area is 120 Å². The monoisotopic (exact) mass is 300 g/mol. The quantitative estimate of drug-likeness (QED) is 0.899. The number of sulfonamides is 1. The van der Waals surface area contributed by atoms with Crippen molar-refractivity contribution < 1.29 is 12.8 Å². The highest BCUT2D eigenvalue weighted by Gasteiger charge is 2.32. The van der Waals surface area contributed by atoms with Crippen molar-refractivity contribution in [2.75, 3.05) is 19.6 Å². The maximum Gasteiger partial charge on any atom is 0.215 e. The van der Waals surface area contributed by atoms with Gasteiger partial charge in [-0.3, -0.25) is 4.90 Å². The topological polar surface area (TPSA) is 49.4 Å². The third kappa shape index (κ3) is 3.56. The molecule has 0 saturated carbocycles. The average molecular weight is 300 g/mol. The normalized spacial score (nSPS) is 20.4. The minimum atomic E-state index is -3.20. The Hall–Kier alpha value is -0.980. The summed E-state index contributed by atoms with van der Waals surface area (Å²) in [6, 6.07) is 5.05. The van der Waals surface area contributed by atoms with Crippen molar-refractivity contribution in [2.45, 2.75) is 32.1 Å². The summed E-state index contributed by atoms with van der Waals surface area (Å²) in [4.78, 5) is 2.10. The minimum absolute atomic E-state index is 0.206. The molecule has 1 heterocycles. The molecule has 0 amide bonds. The molecule has 6 heteroatoms. The van der Waals surface area contributed by atoms with Crippen molar-refractivity contribution in [1.82, 2.24) is 9.62 Å². The second kappa shape index (κ2) is 6.20. The van der Waals surface area contributed by atoms with E-state index in [1.54, 1.807) is 19.9 Å². The predicted octanol–water partition coefficient (Wildman–Crippen LogP) is 1.65. The summed E-state index contributed by atoms with van der Waals surface area (Å²) in [5.74, 6) is -0.206. The van der Waals surface area contributed by atoms with Crippen LogP contribution in [-0.4, -0.2) is 38.2 Å². The van der Waals surface area contributed by atoms with Crippen LogP contribution in [0.4, 0.5) is 4.39 Å². The van der Waals surface area contributed by atoms with Crippen LogP contribution >= 0.6 is 0 Å². The number of hydrogen-bond acceptors (Lipinski definition) is 3. The molecule has 1 aliphatic heterocycles. The molecule has 1 aromatic carbocycles. The summed E-state index contributed by atoms with van der Waals surface area (Å²) in [6.45, 7) is 5.90. The van der Waals surface area contributed by atoms with Gasteiger partial charge in [0.15, 0.2) is 0 Å². The highest BCUT2D eigenvalue weighted by Crippen LogP contribution is 2.19. The molecule has 0 aliphatic carbocycles. The molecule has 0 unspecified atom stereocenters. The molecule has 1 atom stereocenters. The zero-order chi connectivity index (χ0) is 14.8. The van der Waals surface area contributed by atoms with Crippen LogP contribution in [0.2, 0.25) is 0 Å². The van der Waals surface area contributed by atoms with Gasteiger partial charge in [0.25, 0.3) is 0 Å². The maximum atomic E-state index is 13.2. The third-order valence-electron chi connectivity index (χ3n) is 3.64. The van der Waals surface area contributed by atoms with Gasteiger partial charge in [-0.25, -0.2) is 17.5 Å². The first-order valence-corrected chi connectivity index (χ1v) is 8.43. The van der Waals surface area contributed by atoms with Crippen LogP contribution in [0.1, 0.15) is 24.5 Å². The van der Waals surface area contributed by atoms with Crippen molar-refractivity contribution in [3.63, 3.8) is 0 Å². The first kappa shape index (κ1) is 15.4. The van der Waals surface area contributed by atoms with Gasteiger partial charge in [0.1, 0.15) is 5.82 Å². The summed E-state index contributed by atoms with van der Waals surface area (Å²) < 4.78 is 39.7. The molecule has 1 N–H and O–H groups in total. The summed E-state index contributed by atoms with van der Waals surface area (Å²) in [5, 5.41) is -0.344. The molecule has 1 aromatic rings. The van der Waals surface area contributed by atoms with Gasteiger partial charge >= 0.3 is 0 Å². The van der Waals surface area contributed by atoms with Gasteiger partial charge in [-0.05, 0) is 37.1 Å². The zero-order valence-electron chi connectivity index (χ0n) is 11.9. The lowest BCUT2D eigenvalue weighted by molar-refractivity contribution is 0.331. The fourth-order valence-corrected chi connectivity index (χ4v) is 4.04. The number of nitrogens with zero attached hydrogens (tertiary/aromatic N) is 1. The number of benzene rings is 1. The molecule has 0 aromatic heterocycles. The molecule has 0 spiro atoms. The predicted molar refractivity (Wildman–Crippen MR) is 77.4 cm³/mol. The molecule has 112 valence electrons. The Kier molecular flexibility index (Phi) is 4.78. The molecule has 1 saturated heterocycles. The van der Waals surface area contributed by atoms with Crippen LogP contribution in [0, 0.1) is 12.7 Å². The van der Waals surface area contributed by atoms with Crippen molar-refractivity contribution in [3.8, 4) is 0 Å². The third-order valence-corrected chi connectivity index (χ3v) is 5.60. The Morgan fingerprint density at radius 2 is 2.20 bits per heavy atom. The molecule has 2 rings (SSSR count). The minimum Gasteiger partial charge on any atom is -0.298 e. The van der Waals surface area contributed by atoms with E-state index in [-0.39, 0.29) is 11.1 Å². The summed E-state index contributed by atoms with van der Waals surface area (Å²) >= 11 is 0. The van der Waals surface area contributed by atoms with E-state index in [0.29, 0.717) is 31.6 Å². The lowest BCUT2D eigenvalue weighted by atomic mass is 10.1. The number of nitrogens with one attached hydrogen (secondary N) is 1. The van der Waals surface area contributed by atoms with E-state index >= 15 is 0 Å². The smallest absolute Gasteiger partial charge is 0.215 e. The largest absolute Gasteiger partial charge is 0.298 e. The first-order valence-electron chi connectivity index (χ1n) is 6.88. The van der Waals surface area contributed by atoms with Gasteiger partial charge in [-0.15, -0.1) is 0 Å². The van der Waals surface area contributed by atoms with Gasteiger partial charge in [0, 0.05) is 19.6 Å². The number of halogens is 1. The van der Waals surface area contributed by atoms with Crippen LogP contribution in [-0.2, 0) is 16.6 Å². The summed E-state index contributed by atoms with van der Waals surface area (Å²) in [6.07, 6.45) is 0.648. The second-order valence-electron chi connectivity index (χ2n) is 5.27. The molecule has 20 heavy (non-hydrogen) atoms. The SMILES string of the molecule is CCNS(=O)(=O)[C@H]1CCN(Cc2ccc(F)c(C)c2)C1. The Balaban J connectivity index is 1.98. The lowest BCUT2D eigenvalue weighted by Crippen LogP contribution is -2.36. The fraction of sp³-hybridized carbons (Fsp3) is 0.571.